The Labute approximate surface area is 222 Å². The van der Waals surface area contributed by atoms with Gasteiger partial charge in [0.05, 0.1) is 45.6 Å². The fraction of sp³-hybridized carbons (Fsp3) is 0.267. The van der Waals surface area contributed by atoms with Gasteiger partial charge in [-0.05, 0) is 49.7 Å². The third-order valence-corrected chi connectivity index (χ3v) is 6.28. The number of hydrogen-bond acceptors (Lipinski definition) is 7. The van der Waals surface area contributed by atoms with E-state index in [0.717, 1.165) is 0 Å². The molecule has 0 aromatic heterocycles. The Kier molecular flexibility index (Phi) is 7.90. The van der Waals surface area contributed by atoms with E-state index in [-0.39, 0.29) is 29.5 Å². The molecule has 1 heterocycles. The van der Waals surface area contributed by atoms with Crippen LogP contribution >= 0.6 is 0 Å². The van der Waals surface area contributed by atoms with Crippen LogP contribution in [0.4, 0.5) is 0 Å². The number of carbonyl (C=O) groups is 2. The van der Waals surface area contributed by atoms with Crippen molar-refractivity contribution in [3.8, 4) is 23.0 Å². The molecule has 1 aliphatic heterocycles. The molecule has 1 aliphatic rings. The number of para-hydroxylation sites is 1. The SMILES string of the molecule is COc1ccccc1CN1C(=O)C(=O)/C(=C(/O)c2c(OC)cccc2OC)C1c1cccc(OC(C)C)c1. The molecule has 1 amide bonds. The van der Waals surface area contributed by atoms with Gasteiger partial charge in [0.2, 0.25) is 0 Å². The highest BCUT2D eigenvalue weighted by Crippen LogP contribution is 2.44. The van der Waals surface area contributed by atoms with Crippen LogP contribution in [-0.2, 0) is 16.1 Å². The highest BCUT2D eigenvalue weighted by molar-refractivity contribution is 6.46. The first kappa shape index (κ1) is 26.6. The summed E-state index contributed by atoms with van der Waals surface area (Å²) in [6.45, 7) is 3.90. The van der Waals surface area contributed by atoms with E-state index in [4.69, 9.17) is 18.9 Å². The molecule has 8 nitrogen and oxygen atoms in total. The number of aliphatic hydroxyl groups excluding tert-OH is 1. The summed E-state index contributed by atoms with van der Waals surface area (Å²) >= 11 is 0. The standard InChI is InChI=1S/C30H31NO7/c1-18(2)38-21-12-8-11-19(16-21)27-26(28(32)25-23(36-4)14-9-15-24(25)37-5)29(33)30(34)31(27)17-20-10-6-7-13-22(20)35-3/h6-16,18,27,32H,17H2,1-5H3/b28-26+. The van der Waals surface area contributed by atoms with Crippen LogP contribution < -0.4 is 18.9 Å². The van der Waals surface area contributed by atoms with E-state index >= 15 is 0 Å². The lowest BCUT2D eigenvalue weighted by Crippen LogP contribution is -2.29. The lowest BCUT2D eigenvalue weighted by Gasteiger charge is -2.27. The van der Waals surface area contributed by atoms with Crippen molar-refractivity contribution in [2.45, 2.75) is 32.5 Å². The van der Waals surface area contributed by atoms with E-state index in [9.17, 15) is 14.7 Å². The van der Waals surface area contributed by atoms with E-state index in [1.54, 1.807) is 55.6 Å². The van der Waals surface area contributed by atoms with Gasteiger partial charge in [0, 0.05) is 5.56 Å². The van der Waals surface area contributed by atoms with E-state index in [0.29, 0.717) is 34.1 Å². The van der Waals surface area contributed by atoms with Gasteiger partial charge in [-0.25, -0.2) is 0 Å². The Morgan fingerprint density at radius 1 is 0.868 bits per heavy atom. The first-order valence-corrected chi connectivity index (χ1v) is 12.2. The summed E-state index contributed by atoms with van der Waals surface area (Å²) in [5, 5.41) is 11.6. The molecule has 1 N–H and O–H groups in total. The molecule has 3 aromatic carbocycles. The van der Waals surface area contributed by atoms with Crippen LogP contribution in [0.5, 0.6) is 23.0 Å². The Hall–Kier alpha value is -4.46. The number of methoxy groups -OCH3 is 3. The average Bonchev–Trinajstić information content (AvgIpc) is 3.17. The number of carbonyl (C=O) groups excluding carboxylic acids is 2. The van der Waals surface area contributed by atoms with Gasteiger partial charge in [-0.15, -0.1) is 0 Å². The van der Waals surface area contributed by atoms with Gasteiger partial charge < -0.3 is 29.0 Å². The topological polar surface area (TPSA) is 94.5 Å². The smallest absolute Gasteiger partial charge is 0.295 e. The molecule has 4 rings (SSSR count). The minimum atomic E-state index is -0.912. The Morgan fingerprint density at radius 2 is 1.47 bits per heavy atom. The van der Waals surface area contributed by atoms with Gasteiger partial charge in [0.15, 0.2) is 0 Å². The monoisotopic (exact) mass is 517 g/mol. The Morgan fingerprint density at radius 3 is 2.11 bits per heavy atom. The zero-order valence-corrected chi connectivity index (χ0v) is 22.1. The van der Waals surface area contributed by atoms with Gasteiger partial charge >= 0.3 is 0 Å². The summed E-state index contributed by atoms with van der Waals surface area (Å²) in [7, 11) is 4.46. The number of hydrogen-bond donors (Lipinski definition) is 1. The van der Waals surface area contributed by atoms with E-state index in [1.165, 1.54) is 19.1 Å². The van der Waals surface area contributed by atoms with E-state index in [2.05, 4.69) is 0 Å². The van der Waals surface area contributed by atoms with Crippen molar-refractivity contribution >= 4 is 17.4 Å². The predicted octanol–water partition coefficient (Wildman–Crippen LogP) is 5.12. The van der Waals surface area contributed by atoms with Crippen LogP contribution in [0.15, 0.2) is 72.3 Å². The maximum Gasteiger partial charge on any atom is 0.295 e. The first-order valence-electron chi connectivity index (χ1n) is 12.2. The van der Waals surface area contributed by atoms with Crippen molar-refractivity contribution in [1.82, 2.24) is 4.90 Å². The van der Waals surface area contributed by atoms with Crippen LogP contribution in [0.1, 0.15) is 36.6 Å². The molecule has 0 saturated carbocycles. The number of nitrogens with zero attached hydrogens (tertiary/aromatic N) is 1. The van der Waals surface area contributed by atoms with Crippen molar-refractivity contribution in [2.75, 3.05) is 21.3 Å². The van der Waals surface area contributed by atoms with E-state index in [1.807, 2.05) is 32.0 Å². The third kappa shape index (κ3) is 5.02. The lowest BCUT2D eigenvalue weighted by atomic mass is 9.94. The number of ketones is 1. The van der Waals surface area contributed by atoms with Gasteiger partial charge in [-0.2, -0.15) is 0 Å². The summed E-state index contributed by atoms with van der Waals surface area (Å²) in [5.74, 6) is -0.189. The number of aliphatic hydroxyl groups is 1. The van der Waals surface area contributed by atoms with Gasteiger partial charge in [0.1, 0.15) is 34.3 Å². The molecule has 3 aromatic rings. The molecular formula is C30H31NO7. The van der Waals surface area contributed by atoms with Crippen molar-refractivity contribution < 1.29 is 33.6 Å². The molecule has 0 aliphatic carbocycles. The number of amides is 1. The quantitative estimate of drug-likeness (QED) is 0.239. The fourth-order valence-corrected chi connectivity index (χ4v) is 4.66. The van der Waals surface area contributed by atoms with Crippen molar-refractivity contribution in [3.63, 3.8) is 0 Å². The molecule has 1 unspecified atom stereocenters. The second-order valence-corrected chi connectivity index (χ2v) is 9.02. The number of rotatable bonds is 9. The lowest BCUT2D eigenvalue weighted by molar-refractivity contribution is -0.140. The maximum atomic E-state index is 13.6. The van der Waals surface area contributed by atoms with Crippen LogP contribution in [0.3, 0.4) is 0 Å². The molecule has 0 radical (unpaired) electrons. The summed E-state index contributed by atoms with van der Waals surface area (Å²) in [4.78, 5) is 28.5. The minimum Gasteiger partial charge on any atom is -0.506 e. The van der Waals surface area contributed by atoms with Crippen LogP contribution in [0.2, 0.25) is 0 Å². The van der Waals surface area contributed by atoms with Crippen LogP contribution in [0, 0.1) is 0 Å². The van der Waals surface area contributed by atoms with Crippen molar-refractivity contribution in [3.05, 3.63) is 89.0 Å². The summed E-state index contributed by atoms with van der Waals surface area (Å²) in [5.41, 5.74) is 1.43. The van der Waals surface area contributed by atoms with Crippen molar-refractivity contribution in [2.24, 2.45) is 0 Å². The summed E-state index contributed by atoms with van der Waals surface area (Å²) in [6.07, 6.45) is -0.0805. The normalized spacial score (nSPS) is 16.6. The molecule has 198 valence electrons. The minimum absolute atomic E-state index is 0.0746. The second kappa shape index (κ2) is 11.3. The zero-order chi connectivity index (χ0) is 27.4. The van der Waals surface area contributed by atoms with Crippen LogP contribution in [-0.4, -0.2) is 49.1 Å². The first-order chi connectivity index (χ1) is 18.3. The largest absolute Gasteiger partial charge is 0.506 e. The third-order valence-electron chi connectivity index (χ3n) is 6.28. The van der Waals surface area contributed by atoms with Crippen molar-refractivity contribution in [1.29, 1.82) is 0 Å². The molecule has 1 saturated heterocycles. The van der Waals surface area contributed by atoms with Gasteiger partial charge in [-0.3, -0.25) is 9.59 Å². The predicted molar refractivity (Wildman–Crippen MR) is 143 cm³/mol. The number of ether oxygens (including phenoxy) is 4. The Bertz CT molecular complexity index is 1360. The summed E-state index contributed by atoms with van der Waals surface area (Å²) in [6, 6.07) is 18.5. The van der Waals surface area contributed by atoms with Gasteiger partial charge in [-0.1, -0.05) is 36.4 Å². The average molecular weight is 518 g/mol. The number of benzene rings is 3. The second-order valence-electron chi connectivity index (χ2n) is 9.02. The highest BCUT2D eigenvalue weighted by Gasteiger charge is 2.47. The molecule has 1 atom stereocenters. The molecule has 1 fully saturated rings. The molecule has 0 spiro atoms. The number of Topliss-reactive ketones (excluding diaryl/α,β-unsaturated/α-hetero) is 1. The highest BCUT2D eigenvalue weighted by atomic mass is 16.5. The zero-order valence-electron chi connectivity index (χ0n) is 22.1. The maximum absolute atomic E-state index is 13.6. The Balaban J connectivity index is 1.95. The summed E-state index contributed by atoms with van der Waals surface area (Å²) < 4.78 is 22.3. The molecule has 38 heavy (non-hydrogen) atoms. The number of likely N-dealkylation sites (tertiary alicyclic amines) is 1. The molecular weight excluding hydrogens is 486 g/mol. The fourth-order valence-electron chi connectivity index (χ4n) is 4.66. The molecule has 8 heteroatoms. The van der Waals surface area contributed by atoms with Crippen LogP contribution in [0.25, 0.3) is 5.76 Å². The van der Waals surface area contributed by atoms with E-state index < -0.39 is 17.7 Å². The molecule has 0 bridgehead atoms. The van der Waals surface area contributed by atoms with Gasteiger partial charge in [0.25, 0.3) is 11.7 Å².